The minimum Gasteiger partial charge on any atom is -0.464 e. The van der Waals surface area contributed by atoms with Gasteiger partial charge in [0, 0.05) is 30.5 Å². The van der Waals surface area contributed by atoms with Crippen LogP contribution in [-0.4, -0.2) is 31.3 Å². The summed E-state index contributed by atoms with van der Waals surface area (Å²) in [5.41, 5.74) is 0.335. The van der Waals surface area contributed by atoms with Gasteiger partial charge in [-0.05, 0) is 52.2 Å². The molecule has 1 saturated heterocycles. The fourth-order valence-corrected chi connectivity index (χ4v) is 5.30. The lowest BCUT2D eigenvalue weighted by atomic mass is 9.54. The van der Waals surface area contributed by atoms with Gasteiger partial charge in [0.25, 0.3) is 0 Å². The zero-order valence-corrected chi connectivity index (χ0v) is 18.4. The van der Waals surface area contributed by atoms with Gasteiger partial charge in [-0.15, -0.1) is 24.0 Å². The molecule has 0 aromatic carbocycles. The number of nitrogens with one attached hydrogen (secondary N) is 2. The minimum atomic E-state index is 0. The number of guanidine groups is 1. The standard InChI is InChI=1S/C20H31N3O2.HI/c1-4-21-19(22-14(3)16-8-7-13(2)25-16)23-17-15-9-12-24-18(15)20(17)10-5-6-11-20;/h7-8,14-15,17-18H,4-6,9-12H2,1-3H3,(H2,21,22,23);1H. The van der Waals surface area contributed by atoms with Crippen molar-refractivity contribution in [3.63, 3.8) is 0 Å². The predicted molar refractivity (Wildman–Crippen MR) is 114 cm³/mol. The van der Waals surface area contributed by atoms with Crippen molar-refractivity contribution in [2.24, 2.45) is 16.3 Å². The summed E-state index contributed by atoms with van der Waals surface area (Å²) in [5, 5.41) is 7.32. The highest BCUT2D eigenvalue weighted by Crippen LogP contribution is 2.60. The van der Waals surface area contributed by atoms with Crippen LogP contribution in [0.5, 0.6) is 0 Å². The quantitative estimate of drug-likeness (QED) is 0.392. The van der Waals surface area contributed by atoms with Gasteiger partial charge < -0.3 is 19.8 Å². The van der Waals surface area contributed by atoms with E-state index in [9.17, 15) is 0 Å². The molecule has 26 heavy (non-hydrogen) atoms. The molecule has 2 aliphatic carbocycles. The number of furan rings is 1. The number of rotatable bonds is 4. The number of hydrogen-bond acceptors (Lipinski definition) is 3. The Morgan fingerprint density at radius 3 is 2.77 bits per heavy atom. The van der Waals surface area contributed by atoms with E-state index in [-0.39, 0.29) is 30.0 Å². The first-order valence-electron chi connectivity index (χ1n) is 9.89. The second-order valence-electron chi connectivity index (χ2n) is 7.94. The molecule has 0 bridgehead atoms. The molecule has 0 radical (unpaired) electrons. The smallest absolute Gasteiger partial charge is 0.192 e. The summed E-state index contributed by atoms with van der Waals surface area (Å²) in [7, 11) is 0. The summed E-state index contributed by atoms with van der Waals surface area (Å²) in [4.78, 5) is 4.70. The van der Waals surface area contributed by atoms with Crippen molar-refractivity contribution in [3.05, 3.63) is 23.7 Å². The zero-order valence-electron chi connectivity index (χ0n) is 16.1. The molecule has 2 heterocycles. The molecule has 146 valence electrons. The van der Waals surface area contributed by atoms with Gasteiger partial charge in [0.2, 0.25) is 0 Å². The van der Waals surface area contributed by atoms with Gasteiger partial charge in [-0.3, -0.25) is 4.99 Å². The maximum absolute atomic E-state index is 6.10. The van der Waals surface area contributed by atoms with E-state index in [1.54, 1.807) is 0 Å². The summed E-state index contributed by atoms with van der Waals surface area (Å²) in [5.74, 6) is 3.45. The summed E-state index contributed by atoms with van der Waals surface area (Å²) in [6, 6.07) is 4.64. The molecule has 5 nitrogen and oxygen atoms in total. The number of hydrogen-bond donors (Lipinski definition) is 2. The highest BCUT2D eigenvalue weighted by molar-refractivity contribution is 14.0. The van der Waals surface area contributed by atoms with Crippen LogP contribution in [0.25, 0.3) is 0 Å². The summed E-state index contributed by atoms with van der Waals surface area (Å²) in [6.45, 7) is 7.87. The molecule has 3 aliphatic rings. The number of ether oxygens (including phenoxy) is 1. The van der Waals surface area contributed by atoms with Crippen LogP contribution in [0.1, 0.15) is 63.5 Å². The van der Waals surface area contributed by atoms with E-state index in [4.69, 9.17) is 14.1 Å². The molecule has 1 aromatic heterocycles. The fraction of sp³-hybridized carbons (Fsp3) is 0.750. The van der Waals surface area contributed by atoms with Crippen molar-refractivity contribution in [2.45, 2.75) is 71.1 Å². The van der Waals surface area contributed by atoms with Crippen LogP contribution in [-0.2, 0) is 4.74 Å². The molecule has 0 amide bonds. The van der Waals surface area contributed by atoms with E-state index >= 15 is 0 Å². The van der Waals surface area contributed by atoms with Gasteiger partial charge in [0.05, 0.1) is 12.1 Å². The third-order valence-corrected chi connectivity index (χ3v) is 6.44. The molecule has 4 unspecified atom stereocenters. The Labute approximate surface area is 173 Å². The van der Waals surface area contributed by atoms with Crippen molar-refractivity contribution in [3.8, 4) is 0 Å². The summed E-state index contributed by atoms with van der Waals surface area (Å²) < 4.78 is 11.9. The predicted octanol–water partition coefficient (Wildman–Crippen LogP) is 4.17. The van der Waals surface area contributed by atoms with Crippen LogP contribution < -0.4 is 10.6 Å². The number of aliphatic imine (C=N–C) groups is 1. The van der Waals surface area contributed by atoms with Crippen LogP contribution in [0, 0.1) is 18.3 Å². The molecule has 2 saturated carbocycles. The molecule has 4 atom stereocenters. The van der Waals surface area contributed by atoms with Crippen LogP contribution in [0.15, 0.2) is 21.5 Å². The van der Waals surface area contributed by atoms with Crippen molar-refractivity contribution in [1.29, 1.82) is 0 Å². The number of aryl methyl sites for hydroxylation is 1. The van der Waals surface area contributed by atoms with Crippen LogP contribution in [0.2, 0.25) is 0 Å². The lowest BCUT2D eigenvalue weighted by molar-refractivity contribution is -0.125. The first-order chi connectivity index (χ1) is 12.1. The second-order valence-corrected chi connectivity index (χ2v) is 7.94. The number of fused-ring (bicyclic) bond motifs is 2. The largest absolute Gasteiger partial charge is 0.464 e. The van der Waals surface area contributed by atoms with E-state index in [1.165, 1.54) is 32.1 Å². The van der Waals surface area contributed by atoms with Crippen LogP contribution in [0.3, 0.4) is 0 Å². The Bertz CT molecular complexity index is 639. The van der Waals surface area contributed by atoms with Gasteiger partial charge in [-0.2, -0.15) is 0 Å². The van der Waals surface area contributed by atoms with Gasteiger partial charge in [-0.25, -0.2) is 0 Å². The van der Waals surface area contributed by atoms with E-state index in [1.807, 2.05) is 19.1 Å². The van der Waals surface area contributed by atoms with E-state index < -0.39 is 0 Å². The second kappa shape index (κ2) is 8.09. The van der Waals surface area contributed by atoms with Crippen molar-refractivity contribution >= 4 is 29.9 Å². The maximum atomic E-state index is 6.10. The molecule has 1 spiro atoms. The third-order valence-electron chi connectivity index (χ3n) is 6.44. The molecule has 1 aliphatic heterocycles. The lowest BCUT2D eigenvalue weighted by Gasteiger charge is -2.57. The molecule has 2 N–H and O–H groups in total. The third kappa shape index (κ3) is 3.39. The minimum absolute atomic E-state index is 0. The van der Waals surface area contributed by atoms with Crippen molar-refractivity contribution < 1.29 is 9.15 Å². The van der Waals surface area contributed by atoms with E-state index in [0.717, 1.165) is 30.6 Å². The maximum Gasteiger partial charge on any atom is 0.192 e. The first-order valence-corrected chi connectivity index (χ1v) is 9.89. The van der Waals surface area contributed by atoms with Crippen LogP contribution >= 0.6 is 24.0 Å². The highest BCUT2D eigenvalue weighted by atomic mass is 127. The van der Waals surface area contributed by atoms with E-state index in [2.05, 4.69) is 24.5 Å². The number of nitrogens with zero attached hydrogens (tertiary/aromatic N) is 1. The summed E-state index contributed by atoms with van der Waals surface area (Å²) >= 11 is 0. The Morgan fingerprint density at radius 2 is 2.12 bits per heavy atom. The Hall–Kier alpha value is -0.760. The van der Waals surface area contributed by atoms with E-state index in [0.29, 0.717) is 23.5 Å². The van der Waals surface area contributed by atoms with Crippen molar-refractivity contribution in [2.75, 3.05) is 13.2 Å². The van der Waals surface area contributed by atoms with Gasteiger partial charge in [0.15, 0.2) is 5.96 Å². The molecule has 3 fully saturated rings. The summed E-state index contributed by atoms with van der Waals surface area (Å²) in [6.07, 6.45) is 6.90. The topological polar surface area (TPSA) is 58.8 Å². The monoisotopic (exact) mass is 473 g/mol. The molecule has 1 aromatic rings. The highest BCUT2D eigenvalue weighted by Gasteiger charge is 2.65. The van der Waals surface area contributed by atoms with Gasteiger partial charge in [0.1, 0.15) is 11.5 Å². The lowest BCUT2D eigenvalue weighted by Crippen LogP contribution is -2.69. The van der Waals surface area contributed by atoms with Crippen molar-refractivity contribution in [1.82, 2.24) is 10.6 Å². The zero-order chi connectivity index (χ0) is 17.4. The number of halogens is 1. The van der Waals surface area contributed by atoms with Crippen LogP contribution in [0.4, 0.5) is 0 Å². The first kappa shape index (κ1) is 20.0. The average molecular weight is 473 g/mol. The molecular formula is C20H32IN3O2. The Morgan fingerprint density at radius 1 is 1.35 bits per heavy atom. The van der Waals surface area contributed by atoms with Gasteiger partial charge in [-0.1, -0.05) is 12.8 Å². The Kier molecular flexibility index (Phi) is 6.22. The molecule has 4 rings (SSSR count). The normalized spacial score (nSPS) is 30.4. The molecule has 6 heteroatoms. The fourth-order valence-electron chi connectivity index (χ4n) is 5.30. The average Bonchev–Trinajstić information content (AvgIpc) is 3.32. The van der Waals surface area contributed by atoms with Gasteiger partial charge >= 0.3 is 0 Å². The SMILES string of the molecule is CCN=C(NC(C)c1ccc(C)o1)NC1C2CCOC2C12CCCC2.I. The molecular weight excluding hydrogens is 441 g/mol. The Balaban J connectivity index is 0.00000196.